The summed E-state index contributed by atoms with van der Waals surface area (Å²) in [6.45, 7) is 1.92. The number of ether oxygens (including phenoxy) is 2. The Morgan fingerprint density at radius 1 is 1.03 bits per heavy atom. The van der Waals surface area contributed by atoms with Crippen LogP contribution in [0, 0.1) is 0 Å². The number of nitrogens with two attached hydrogens (primary N) is 1. The fourth-order valence-electron chi connectivity index (χ4n) is 3.23. The Kier molecular flexibility index (Phi) is 5.71. The van der Waals surface area contributed by atoms with Crippen LogP contribution in [0.1, 0.15) is 12.5 Å². The molecular formula is C25H22N2O4. The molecule has 0 aliphatic rings. The van der Waals surface area contributed by atoms with Crippen LogP contribution in [0.2, 0.25) is 0 Å². The minimum absolute atomic E-state index is 0.145. The van der Waals surface area contributed by atoms with Crippen molar-refractivity contribution in [2.45, 2.75) is 13.5 Å². The van der Waals surface area contributed by atoms with Gasteiger partial charge in [0.2, 0.25) is 11.2 Å². The molecule has 0 saturated carbocycles. The number of methoxy groups -OCH3 is 1. The molecule has 0 fully saturated rings. The number of hydrogen-bond donors (Lipinski definition) is 1. The van der Waals surface area contributed by atoms with Gasteiger partial charge in [0.25, 0.3) is 0 Å². The first-order chi connectivity index (χ1) is 15.0. The molecule has 0 radical (unpaired) electrons. The summed E-state index contributed by atoms with van der Waals surface area (Å²) in [5.74, 6) is 1.62. The van der Waals surface area contributed by atoms with Crippen molar-refractivity contribution in [1.82, 2.24) is 0 Å². The molecule has 0 unspecified atom stereocenters. The highest BCUT2D eigenvalue weighted by Gasteiger charge is 2.18. The quantitative estimate of drug-likeness (QED) is 0.352. The summed E-state index contributed by atoms with van der Waals surface area (Å²) < 4.78 is 17.4. The average molecular weight is 414 g/mol. The molecule has 1 heterocycles. The second-order valence-corrected chi connectivity index (χ2v) is 7.03. The number of nitrogens with zero attached hydrogens (tertiary/aromatic N) is 1. The number of amidine groups is 1. The standard InChI is InChI=1S/C25H22N2O4/c1-16(26)27-19-10-13-22-21(14-19)23(28)25(30-15-17-6-4-3-5-7-17)24(31-22)18-8-11-20(29-2)12-9-18/h3-14H,15H2,1-2H3,(H2,26,27). The van der Waals surface area contributed by atoms with E-state index in [0.717, 1.165) is 5.56 Å². The Hall–Kier alpha value is -4.06. The van der Waals surface area contributed by atoms with Gasteiger partial charge in [0.15, 0.2) is 5.76 Å². The van der Waals surface area contributed by atoms with Gasteiger partial charge >= 0.3 is 0 Å². The minimum atomic E-state index is -0.269. The molecule has 31 heavy (non-hydrogen) atoms. The first-order valence-electron chi connectivity index (χ1n) is 9.78. The van der Waals surface area contributed by atoms with Crippen molar-refractivity contribution in [2.75, 3.05) is 7.11 Å². The van der Waals surface area contributed by atoms with E-state index in [0.29, 0.717) is 39.6 Å². The highest BCUT2D eigenvalue weighted by molar-refractivity contribution is 5.87. The van der Waals surface area contributed by atoms with Crippen LogP contribution in [-0.4, -0.2) is 12.9 Å². The van der Waals surface area contributed by atoms with Crippen LogP contribution in [-0.2, 0) is 6.61 Å². The Morgan fingerprint density at radius 2 is 1.77 bits per heavy atom. The Labute approximate surface area is 179 Å². The van der Waals surface area contributed by atoms with Gasteiger partial charge < -0.3 is 19.6 Å². The normalized spacial score (nSPS) is 11.5. The number of fused-ring (bicyclic) bond motifs is 1. The largest absolute Gasteiger partial charge is 0.497 e. The van der Waals surface area contributed by atoms with Gasteiger partial charge in [0.05, 0.1) is 24.0 Å². The number of benzene rings is 3. The summed E-state index contributed by atoms with van der Waals surface area (Å²) in [4.78, 5) is 17.6. The van der Waals surface area contributed by atoms with E-state index in [1.54, 1.807) is 32.2 Å². The molecular weight excluding hydrogens is 392 g/mol. The van der Waals surface area contributed by atoms with Crippen LogP contribution in [0.15, 0.2) is 87.0 Å². The third kappa shape index (κ3) is 4.43. The van der Waals surface area contributed by atoms with Gasteiger partial charge in [-0.1, -0.05) is 30.3 Å². The van der Waals surface area contributed by atoms with E-state index in [-0.39, 0.29) is 17.8 Å². The second-order valence-electron chi connectivity index (χ2n) is 7.03. The van der Waals surface area contributed by atoms with E-state index in [9.17, 15) is 4.79 Å². The van der Waals surface area contributed by atoms with E-state index in [1.807, 2.05) is 54.6 Å². The zero-order valence-electron chi connectivity index (χ0n) is 17.3. The fourth-order valence-corrected chi connectivity index (χ4v) is 3.23. The predicted octanol–water partition coefficient (Wildman–Crippen LogP) is 5.06. The monoisotopic (exact) mass is 414 g/mol. The molecule has 0 saturated heterocycles. The van der Waals surface area contributed by atoms with Gasteiger partial charge in [0.1, 0.15) is 17.9 Å². The van der Waals surface area contributed by atoms with E-state index >= 15 is 0 Å². The molecule has 4 aromatic rings. The van der Waals surface area contributed by atoms with Crippen LogP contribution >= 0.6 is 0 Å². The van der Waals surface area contributed by atoms with Crippen molar-refractivity contribution in [1.29, 1.82) is 0 Å². The Bertz CT molecular complexity index is 1290. The Balaban J connectivity index is 1.86. The summed E-state index contributed by atoms with van der Waals surface area (Å²) >= 11 is 0. The zero-order valence-corrected chi connectivity index (χ0v) is 17.3. The van der Waals surface area contributed by atoms with Crippen molar-refractivity contribution in [3.63, 3.8) is 0 Å². The lowest BCUT2D eigenvalue weighted by Gasteiger charge is -2.12. The number of aliphatic imine (C=N–C) groups is 1. The number of rotatable bonds is 6. The van der Waals surface area contributed by atoms with Crippen molar-refractivity contribution < 1.29 is 13.9 Å². The summed E-state index contributed by atoms with van der Waals surface area (Å²) in [6.07, 6.45) is 0. The summed E-state index contributed by atoms with van der Waals surface area (Å²) in [6, 6.07) is 22.0. The fraction of sp³-hybridized carbons (Fsp3) is 0.120. The van der Waals surface area contributed by atoms with Crippen molar-refractivity contribution in [2.24, 2.45) is 10.7 Å². The van der Waals surface area contributed by atoms with Gasteiger partial charge in [-0.2, -0.15) is 0 Å². The van der Waals surface area contributed by atoms with Crippen LogP contribution in [0.3, 0.4) is 0 Å². The highest BCUT2D eigenvalue weighted by atomic mass is 16.5. The summed E-state index contributed by atoms with van der Waals surface area (Å²) in [5, 5.41) is 0.378. The molecule has 0 aliphatic heterocycles. The maximum atomic E-state index is 13.4. The van der Waals surface area contributed by atoms with Crippen LogP contribution in [0.5, 0.6) is 11.5 Å². The van der Waals surface area contributed by atoms with E-state index in [4.69, 9.17) is 19.6 Å². The molecule has 0 atom stereocenters. The van der Waals surface area contributed by atoms with Gasteiger partial charge in [-0.3, -0.25) is 4.79 Å². The van der Waals surface area contributed by atoms with Crippen LogP contribution in [0.4, 0.5) is 5.69 Å². The molecule has 3 aromatic carbocycles. The van der Waals surface area contributed by atoms with Gasteiger partial charge in [-0.05, 0) is 55.0 Å². The van der Waals surface area contributed by atoms with Crippen molar-refractivity contribution in [3.8, 4) is 22.8 Å². The highest BCUT2D eigenvalue weighted by Crippen LogP contribution is 2.33. The summed E-state index contributed by atoms with van der Waals surface area (Å²) in [5.41, 5.74) is 8.09. The van der Waals surface area contributed by atoms with Crippen LogP contribution < -0.4 is 20.6 Å². The molecule has 0 spiro atoms. The number of hydrogen-bond acceptors (Lipinski definition) is 5. The second kappa shape index (κ2) is 8.75. The molecule has 0 aliphatic carbocycles. The molecule has 1 aromatic heterocycles. The Morgan fingerprint density at radius 3 is 2.45 bits per heavy atom. The molecule has 6 nitrogen and oxygen atoms in total. The first kappa shape index (κ1) is 20.2. The zero-order chi connectivity index (χ0) is 21.8. The molecule has 0 amide bonds. The lowest BCUT2D eigenvalue weighted by molar-refractivity contribution is 0.298. The first-order valence-corrected chi connectivity index (χ1v) is 9.78. The molecule has 0 bridgehead atoms. The minimum Gasteiger partial charge on any atom is -0.497 e. The van der Waals surface area contributed by atoms with Gasteiger partial charge in [0, 0.05) is 5.56 Å². The molecule has 2 N–H and O–H groups in total. The maximum Gasteiger partial charge on any atom is 0.235 e. The van der Waals surface area contributed by atoms with E-state index < -0.39 is 0 Å². The predicted molar refractivity (Wildman–Crippen MR) is 122 cm³/mol. The SMILES string of the molecule is COc1ccc(-c2oc3ccc(N=C(C)N)cc3c(=O)c2OCc2ccccc2)cc1. The van der Waals surface area contributed by atoms with E-state index in [1.165, 1.54) is 0 Å². The molecule has 4 rings (SSSR count). The van der Waals surface area contributed by atoms with Gasteiger partial charge in [-0.25, -0.2) is 4.99 Å². The smallest absolute Gasteiger partial charge is 0.235 e. The third-order valence-corrected chi connectivity index (χ3v) is 4.72. The third-order valence-electron chi connectivity index (χ3n) is 4.72. The average Bonchev–Trinajstić information content (AvgIpc) is 2.79. The molecule has 156 valence electrons. The molecule has 6 heteroatoms. The van der Waals surface area contributed by atoms with E-state index in [2.05, 4.69) is 4.99 Å². The van der Waals surface area contributed by atoms with Crippen LogP contribution in [0.25, 0.3) is 22.3 Å². The lowest BCUT2D eigenvalue weighted by Crippen LogP contribution is -2.10. The van der Waals surface area contributed by atoms with Crippen molar-refractivity contribution in [3.05, 3.63) is 88.6 Å². The summed E-state index contributed by atoms with van der Waals surface area (Å²) in [7, 11) is 1.60. The van der Waals surface area contributed by atoms with Crippen molar-refractivity contribution >= 4 is 22.5 Å². The van der Waals surface area contributed by atoms with Gasteiger partial charge in [-0.15, -0.1) is 0 Å². The lowest BCUT2D eigenvalue weighted by atomic mass is 10.1. The maximum absolute atomic E-state index is 13.4. The topological polar surface area (TPSA) is 87.0 Å².